The first-order valence-electron chi connectivity index (χ1n) is 12.3. The average molecular weight is 541 g/mol. The number of benzene rings is 1. The fourth-order valence-electron chi connectivity index (χ4n) is 5.10. The predicted octanol–water partition coefficient (Wildman–Crippen LogP) is 3.94. The first kappa shape index (κ1) is 26.2. The van der Waals surface area contributed by atoms with E-state index in [2.05, 4.69) is 15.2 Å². The van der Waals surface area contributed by atoms with Crippen molar-refractivity contribution in [2.75, 3.05) is 23.7 Å². The van der Waals surface area contributed by atoms with Gasteiger partial charge in [-0.3, -0.25) is 14.3 Å². The van der Waals surface area contributed by atoms with Crippen molar-refractivity contribution in [3.63, 3.8) is 0 Å². The van der Waals surface area contributed by atoms with Crippen LogP contribution in [0.4, 0.5) is 24.7 Å². The molecule has 1 saturated heterocycles. The van der Waals surface area contributed by atoms with Crippen LogP contribution in [0, 0.1) is 0 Å². The Morgan fingerprint density at radius 2 is 1.85 bits per heavy atom. The van der Waals surface area contributed by atoms with Crippen molar-refractivity contribution in [2.24, 2.45) is 0 Å². The lowest BCUT2D eigenvalue weighted by molar-refractivity contribution is -0.165. The minimum Gasteiger partial charge on any atom is -0.382 e. The van der Waals surface area contributed by atoms with Crippen molar-refractivity contribution in [1.29, 1.82) is 0 Å². The summed E-state index contributed by atoms with van der Waals surface area (Å²) in [6, 6.07) is 8.48. The number of nitrogen functional groups attached to an aromatic ring is 1. The molecule has 39 heavy (non-hydrogen) atoms. The highest BCUT2D eigenvalue weighted by Gasteiger charge is 2.43. The Hall–Kier alpha value is -4.42. The normalized spacial score (nSPS) is 16.6. The molecule has 0 bridgehead atoms. The maximum atomic E-state index is 13.6. The van der Waals surface area contributed by atoms with Crippen LogP contribution in [-0.2, 0) is 9.59 Å². The molecule has 1 aliphatic heterocycles. The number of hydrogen-bond acceptors (Lipinski definition) is 6. The molecular formula is C26H27F3N8O2. The summed E-state index contributed by atoms with van der Waals surface area (Å²) >= 11 is 0. The van der Waals surface area contributed by atoms with Gasteiger partial charge in [0, 0.05) is 43.0 Å². The molecule has 0 unspecified atom stereocenters. The van der Waals surface area contributed by atoms with Gasteiger partial charge in [0.2, 0.25) is 5.91 Å². The molecule has 3 aromatic heterocycles. The number of fused-ring (bicyclic) bond motifs is 1. The lowest BCUT2D eigenvalue weighted by atomic mass is 9.96. The van der Waals surface area contributed by atoms with Gasteiger partial charge >= 0.3 is 6.18 Å². The maximum Gasteiger partial charge on any atom is 0.410 e. The molecule has 4 heterocycles. The monoisotopic (exact) mass is 540 g/mol. The van der Waals surface area contributed by atoms with Crippen LogP contribution in [0.5, 0.6) is 0 Å². The molecule has 5 rings (SSSR count). The molecule has 0 saturated carbocycles. The second kappa shape index (κ2) is 9.10. The zero-order chi connectivity index (χ0) is 28.3. The number of anilines is 2. The standard InChI is InChI=1S/C26H27F3N8O2/c1-15(26(27,28)29)36-20(8-9-32-36)19-13-21(37-22(19)23(30)31-14-33-37)17-6-5-7-18(12-17)34-10-11-35(16(2)38)25(3,4)24(34)39/h5-9,12-15H,10-11H2,1-4H3,(H2,30,31,33)/t15-/m0/s1. The zero-order valence-corrected chi connectivity index (χ0v) is 21.8. The number of aromatic nitrogens is 5. The number of carbonyl (C=O) groups is 2. The van der Waals surface area contributed by atoms with E-state index in [9.17, 15) is 22.8 Å². The first-order valence-corrected chi connectivity index (χ1v) is 12.3. The molecule has 2 amide bonds. The molecule has 0 radical (unpaired) electrons. The van der Waals surface area contributed by atoms with Crippen LogP contribution in [0.15, 0.2) is 48.9 Å². The molecule has 4 aromatic rings. The third-order valence-electron chi connectivity index (χ3n) is 7.19. The molecule has 10 nitrogen and oxygen atoms in total. The molecule has 13 heteroatoms. The largest absolute Gasteiger partial charge is 0.410 e. The number of alkyl halides is 3. The van der Waals surface area contributed by atoms with E-state index >= 15 is 0 Å². The van der Waals surface area contributed by atoms with Crippen molar-refractivity contribution < 1.29 is 22.8 Å². The molecule has 1 aliphatic rings. The van der Waals surface area contributed by atoms with Gasteiger partial charge < -0.3 is 15.5 Å². The third-order valence-corrected chi connectivity index (χ3v) is 7.19. The van der Waals surface area contributed by atoms with E-state index in [1.165, 1.54) is 30.0 Å². The van der Waals surface area contributed by atoms with Gasteiger partial charge in [-0.2, -0.15) is 23.4 Å². The SMILES string of the molecule is CC(=O)N1CCN(c2cccc(-c3cc(-c4ccnn4[C@@H](C)C(F)(F)F)c4c(N)ncnn34)c2)C(=O)C1(C)C. The summed E-state index contributed by atoms with van der Waals surface area (Å²) in [4.78, 5) is 32.7. The number of amides is 2. The molecule has 1 fully saturated rings. The van der Waals surface area contributed by atoms with Crippen molar-refractivity contribution in [1.82, 2.24) is 29.3 Å². The Morgan fingerprint density at radius 1 is 1.10 bits per heavy atom. The van der Waals surface area contributed by atoms with Crippen LogP contribution >= 0.6 is 0 Å². The van der Waals surface area contributed by atoms with Gasteiger partial charge in [0.1, 0.15) is 23.4 Å². The molecule has 1 atom stereocenters. The molecule has 0 spiro atoms. The molecular weight excluding hydrogens is 513 g/mol. The van der Waals surface area contributed by atoms with Crippen molar-refractivity contribution >= 4 is 28.8 Å². The van der Waals surface area contributed by atoms with Gasteiger partial charge in [-0.25, -0.2) is 9.50 Å². The smallest absolute Gasteiger partial charge is 0.382 e. The van der Waals surface area contributed by atoms with Crippen LogP contribution in [0.25, 0.3) is 28.0 Å². The number of halogens is 3. The van der Waals surface area contributed by atoms with E-state index in [1.54, 1.807) is 47.9 Å². The van der Waals surface area contributed by atoms with Crippen LogP contribution in [-0.4, -0.2) is 65.9 Å². The third kappa shape index (κ3) is 4.27. The van der Waals surface area contributed by atoms with Gasteiger partial charge in [-0.1, -0.05) is 12.1 Å². The van der Waals surface area contributed by atoms with Gasteiger partial charge in [0.25, 0.3) is 5.91 Å². The second-order valence-corrected chi connectivity index (χ2v) is 9.96. The summed E-state index contributed by atoms with van der Waals surface area (Å²) < 4.78 is 43.2. The van der Waals surface area contributed by atoms with Crippen molar-refractivity contribution in [3.8, 4) is 22.5 Å². The van der Waals surface area contributed by atoms with E-state index in [-0.39, 0.29) is 23.3 Å². The van der Waals surface area contributed by atoms with E-state index in [0.717, 1.165) is 11.6 Å². The molecule has 204 valence electrons. The second-order valence-electron chi connectivity index (χ2n) is 9.96. The number of nitrogens with two attached hydrogens (primary N) is 1. The highest BCUT2D eigenvalue weighted by molar-refractivity contribution is 6.03. The Bertz CT molecular complexity index is 1590. The predicted molar refractivity (Wildman–Crippen MR) is 139 cm³/mol. The van der Waals surface area contributed by atoms with Crippen LogP contribution in [0.1, 0.15) is 33.7 Å². The lowest BCUT2D eigenvalue weighted by Crippen LogP contribution is -2.64. The Balaban J connectivity index is 1.62. The minimum atomic E-state index is -4.51. The number of hydrogen-bond donors (Lipinski definition) is 1. The van der Waals surface area contributed by atoms with Crippen LogP contribution < -0.4 is 10.6 Å². The molecule has 0 aliphatic carbocycles. The Labute approximate surface area is 221 Å². The zero-order valence-electron chi connectivity index (χ0n) is 21.8. The van der Waals surface area contributed by atoms with Crippen LogP contribution in [0.3, 0.4) is 0 Å². The Morgan fingerprint density at radius 3 is 2.54 bits per heavy atom. The minimum absolute atomic E-state index is 0.0899. The fraction of sp³-hybridized carbons (Fsp3) is 0.346. The summed E-state index contributed by atoms with van der Waals surface area (Å²) in [5.74, 6) is -0.309. The quantitative estimate of drug-likeness (QED) is 0.420. The van der Waals surface area contributed by atoms with E-state index < -0.39 is 17.8 Å². The summed E-state index contributed by atoms with van der Waals surface area (Å²) in [6.45, 7) is 6.59. The van der Waals surface area contributed by atoms with Gasteiger partial charge in [-0.15, -0.1) is 0 Å². The van der Waals surface area contributed by atoms with Crippen molar-refractivity contribution in [3.05, 3.63) is 48.9 Å². The van der Waals surface area contributed by atoms with Gasteiger partial charge in [-0.05, 0) is 45.0 Å². The topological polar surface area (TPSA) is 115 Å². The van der Waals surface area contributed by atoms with Gasteiger partial charge in [0.05, 0.1) is 11.4 Å². The summed E-state index contributed by atoms with van der Waals surface area (Å²) in [5.41, 5.74) is 7.90. The average Bonchev–Trinajstić information content (AvgIpc) is 3.50. The first-order chi connectivity index (χ1) is 18.3. The van der Waals surface area contributed by atoms with E-state index in [4.69, 9.17) is 5.73 Å². The number of piperazine rings is 1. The number of carbonyl (C=O) groups excluding carboxylic acids is 2. The Kier molecular flexibility index (Phi) is 6.11. The summed E-state index contributed by atoms with van der Waals surface area (Å²) in [5, 5.41) is 8.26. The maximum absolute atomic E-state index is 13.6. The highest BCUT2D eigenvalue weighted by atomic mass is 19.4. The van der Waals surface area contributed by atoms with Crippen molar-refractivity contribution in [2.45, 2.75) is 45.5 Å². The summed E-state index contributed by atoms with van der Waals surface area (Å²) in [7, 11) is 0. The van der Waals surface area contributed by atoms with E-state index in [1.807, 2.05) is 6.07 Å². The van der Waals surface area contributed by atoms with Gasteiger partial charge in [0.15, 0.2) is 5.82 Å². The summed E-state index contributed by atoms with van der Waals surface area (Å²) in [6.07, 6.45) is -1.94. The molecule has 2 N–H and O–H groups in total. The highest BCUT2D eigenvalue weighted by Crippen LogP contribution is 2.39. The number of rotatable bonds is 4. The van der Waals surface area contributed by atoms with Crippen LogP contribution in [0.2, 0.25) is 0 Å². The van der Waals surface area contributed by atoms with E-state index in [0.29, 0.717) is 41.1 Å². The fourth-order valence-corrected chi connectivity index (χ4v) is 5.10. The lowest BCUT2D eigenvalue weighted by Gasteiger charge is -2.45. The number of nitrogens with zero attached hydrogens (tertiary/aromatic N) is 7. The molecule has 1 aromatic carbocycles.